The van der Waals surface area contributed by atoms with Crippen LogP contribution in [0.2, 0.25) is 0 Å². The second kappa shape index (κ2) is 8.01. The first-order chi connectivity index (χ1) is 10.8. The quantitative estimate of drug-likeness (QED) is 0.851. The fourth-order valence-electron chi connectivity index (χ4n) is 2.10. The summed E-state index contributed by atoms with van der Waals surface area (Å²) in [5, 5.41) is 12.6. The average molecular weight is 297 g/mol. The van der Waals surface area contributed by atoms with E-state index in [-0.39, 0.29) is 0 Å². The lowest BCUT2D eigenvalue weighted by Crippen LogP contribution is -2.19. The summed E-state index contributed by atoms with van der Waals surface area (Å²) in [5.41, 5.74) is 1.93. The van der Waals surface area contributed by atoms with E-state index in [0.29, 0.717) is 24.7 Å². The van der Waals surface area contributed by atoms with Crippen LogP contribution in [0.5, 0.6) is 11.5 Å². The molecule has 2 aromatic rings. The minimum absolute atomic E-state index is 0.418. The van der Waals surface area contributed by atoms with Gasteiger partial charge in [0.05, 0.1) is 19.8 Å². The summed E-state index contributed by atoms with van der Waals surface area (Å²) in [5.74, 6) is 1.31. The maximum atomic E-state index is 9.41. The molecule has 1 heterocycles. The molecule has 22 heavy (non-hydrogen) atoms. The highest BCUT2D eigenvalue weighted by molar-refractivity contribution is 5.44. The number of benzene rings is 1. The molecular formula is C17H19N3O2. The Hall–Kier alpha value is -2.58. The van der Waals surface area contributed by atoms with Crippen molar-refractivity contribution in [3.63, 3.8) is 0 Å². The molecule has 1 N–H and O–H groups in total. The minimum atomic E-state index is -0.418. The predicted octanol–water partition coefficient (Wildman–Crippen LogP) is 2.84. The topological polar surface area (TPSA) is 67.2 Å². The van der Waals surface area contributed by atoms with Gasteiger partial charge in [-0.05, 0) is 42.3 Å². The number of hydrogen-bond donors (Lipinski definition) is 1. The van der Waals surface area contributed by atoms with Crippen LogP contribution in [0.15, 0.2) is 42.7 Å². The molecule has 0 bridgehead atoms. The third-order valence-corrected chi connectivity index (χ3v) is 3.21. The number of aromatic nitrogens is 1. The van der Waals surface area contributed by atoms with Crippen LogP contribution in [0.4, 0.5) is 0 Å². The van der Waals surface area contributed by atoms with Gasteiger partial charge in [0.2, 0.25) is 0 Å². The van der Waals surface area contributed by atoms with Crippen LogP contribution in [-0.2, 0) is 6.54 Å². The average Bonchev–Trinajstić information content (AvgIpc) is 2.57. The molecule has 114 valence electrons. The summed E-state index contributed by atoms with van der Waals surface area (Å²) in [4.78, 5) is 3.98. The number of rotatable bonds is 7. The summed E-state index contributed by atoms with van der Waals surface area (Å²) in [7, 11) is 1.60. The Balaban J connectivity index is 2.13. The van der Waals surface area contributed by atoms with Gasteiger partial charge >= 0.3 is 0 Å². The van der Waals surface area contributed by atoms with E-state index in [4.69, 9.17) is 9.47 Å². The van der Waals surface area contributed by atoms with Gasteiger partial charge in [-0.3, -0.25) is 10.3 Å². The second-order valence-corrected chi connectivity index (χ2v) is 4.64. The number of ether oxygens (including phenoxy) is 2. The van der Waals surface area contributed by atoms with Crippen LogP contribution in [-0.4, -0.2) is 18.7 Å². The van der Waals surface area contributed by atoms with Crippen molar-refractivity contribution in [2.24, 2.45) is 0 Å². The third-order valence-electron chi connectivity index (χ3n) is 3.21. The Morgan fingerprint density at radius 2 is 2.00 bits per heavy atom. The van der Waals surface area contributed by atoms with E-state index in [2.05, 4.69) is 16.4 Å². The highest BCUT2D eigenvalue weighted by atomic mass is 16.5. The number of nitrogens with zero attached hydrogens (tertiary/aromatic N) is 2. The predicted molar refractivity (Wildman–Crippen MR) is 83.6 cm³/mol. The van der Waals surface area contributed by atoms with Crippen LogP contribution < -0.4 is 14.8 Å². The molecule has 2 rings (SSSR count). The van der Waals surface area contributed by atoms with Gasteiger partial charge < -0.3 is 9.47 Å². The van der Waals surface area contributed by atoms with Gasteiger partial charge in [0, 0.05) is 18.9 Å². The Kier molecular flexibility index (Phi) is 5.75. The summed E-state index contributed by atoms with van der Waals surface area (Å²) in [6, 6.07) is 11.2. The van der Waals surface area contributed by atoms with E-state index >= 15 is 0 Å². The molecule has 0 saturated heterocycles. The Bertz CT molecular complexity index is 638. The van der Waals surface area contributed by atoms with Gasteiger partial charge in [-0.2, -0.15) is 5.26 Å². The summed E-state index contributed by atoms with van der Waals surface area (Å²) in [6.07, 6.45) is 3.47. The molecule has 0 aliphatic rings. The molecule has 0 spiro atoms. The number of methoxy groups -OCH3 is 1. The van der Waals surface area contributed by atoms with Gasteiger partial charge in [-0.15, -0.1) is 0 Å². The van der Waals surface area contributed by atoms with Crippen molar-refractivity contribution in [1.82, 2.24) is 10.3 Å². The van der Waals surface area contributed by atoms with Gasteiger partial charge in [-0.1, -0.05) is 6.07 Å². The van der Waals surface area contributed by atoms with Crippen LogP contribution in [0.25, 0.3) is 0 Å². The van der Waals surface area contributed by atoms with Crippen molar-refractivity contribution in [3.8, 4) is 17.6 Å². The second-order valence-electron chi connectivity index (χ2n) is 4.64. The highest BCUT2D eigenvalue weighted by Gasteiger charge is 2.13. The molecule has 0 saturated carbocycles. The third kappa shape index (κ3) is 3.96. The first-order valence-electron chi connectivity index (χ1n) is 7.11. The lowest BCUT2D eigenvalue weighted by atomic mass is 10.1. The largest absolute Gasteiger partial charge is 0.493 e. The molecule has 0 amide bonds. The van der Waals surface area contributed by atoms with E-state index in [1.54, 1.807) is 19.5 Å². The van der Waals surface area contributed by atoms with Crippen molar-refractivity contribution in [2.45, 2.75) is 19.5 Å². The van der Waals surface area contributed by atoms with E-state index in [1.807, 2.05) is 37.3 Å². The number of hydrogen-bond acceptors (Lipinski definition) is 5. The van der Waals surface area contributed by atoms with Gasteiger partial charge in [0.1, 0.15) is 6.04 Å². The van der Waals surface area contributed by atoms with Crippen molar-refractivity contribution in [1.29, 1.82) is 5.26 Å². The van der Waals surface area contributed by atoms with Crippen molar-refractivity contribution >= 4 is 0 Å². The minimum Gasteiger partial charge on any atom is -0.493 e. The van der Waals surface area contributed by atoms with E-state index in [1.165, 1.54) is 0 Å². The van der Waals surface area contributed by atoms with Gasteiger partial charge in [0.15, 0.2) is 11.5 Å². The maximum absolute atomic E-state index is 9.41. The fourth-order valence-corrected chi connectivity index (χ4v) is 2.10. The zero-order valence-electron chi connectivity index (χ0n) is 12.7. The van der Waals surface area contributed by atoms with Crippen molar-refractivity contribution in [3.05, 3.63) is 53.9 Å². The van der Waals surface area contributed by atoms with Crippen LogP contribution >= 0.6 is 0 Å². The molecule has 0 fully saturated rings. The van der Waals surface area contributed by atoms with Crippen molar-refractivity contribution < 1.29 is 9.47 Å². The number of pyridine rings is 1. The molecule has 1 unspecified atom stereocenters. The summed E-state index contributed by atoms with van der Waals surface area (Å²) in [6.45, 7) is 3.05. The van der Waals surface area contributed by atoms with Crippen molar-refractivity contribution in [2.75, 3.05) is 13.7 Å². The zero-order chi connectivity index (χ0) is 15.8. The smallest absolute Gasteiger partial charge is 0.161 e. The van der Waals surface area contributed by atoms with Gasteiger partial charge in [-0.25, -0.2) is 0 Å². The van der Waals surface area contributed by atoms with E-state index in [9.17, 15) is 5.26 Å². The van der Waals surface area contributed by atoms with Crippen LogP contribution in [0, 0.1) is 11.3 Å². The molecule has 0 radical (unpaired) electrons. The maximum Gasteiger partial charge on any atom is 0.161 e. The van der Waals surface area contributed by atoms with E-state index < -0.39 is 6.04 Å². The standard InChI is InChI=1S/C17H19N3O2/c1-3-22-17-10-14(4-5-16(17)21-2)15(11-18)20-12-13-6-8-19-9-7-13/h4-10,15,20H,3,12H2,1-2H3. The van der Waals surface area contributed by atoms with Gasteiger partial charge in [0.25, 0.3) is 0 Å². The normalized spacial score (nSPS) is 11.5. The summed E-state index contributed by atoms with van der Waals surface area (Å²) < 4.78 is 10.8. The molecule has 0 aliphatic carbocycles. The Labute approximate surface area is 130 Å². The number of nitrogens with one attached hydrogen (secondary N) is 1. The highest BCUT2D eigenvalue weighted by Crippen LogP contribution is 2.30. The molecule has 1 atom stereocenters. The zero-order valence-corrected chi connectivity index (χ0v) is 12.7. The SMILES string of the molecule is CCOc1cc(C(C#N)NCc2ccncc2)ccc1OC. The van der Waals surface area contributed by atoms with Crippen LogP contribution in [0.1, 0.15) is 24.1 Å². The molecule has 0 aliphatic heterocycles. The Morgan fingerprint density at radius 3 is 2.64 bits per heavy atom. The Morgan fingerprint density at radius 1 is 1.23 bits per heavy atom. The molecule has 1 aromatic carbocycles. The fraction of sp³-hybridized carbons (Fsp3) is 0.294. The lowest BCUT2D eigenvalue weighted by molar-refractivity contribution is 0.310. The first kappa shape index (κ1) is 15.8. The molecule has 5 heteroatoms. The van der Waals surface area contributed by atoms with Crippen LogP contribution in [0.3, 0.4) is 0 Å². The number of nitriles is 1. The van der Waals surface area contributed by atoms with E-state index in [0.717, 1.165) is 11.1 Å². The molecule has 5 nitrogen and oxygen atoms in total. The lowest BCUT2D eigenvalue weighted by Gasteiger charge is -2.15. The molecule has 1 aromatic heterocycles. The first-order valence-corrected chi connectivity index (χ1v) is 7.11. The monoisotopic (exact) mass is 297 g/mol. The molecular weight excluding hydrogens is 278 g/mol. The summed E-state index contributed by atoms with van der Waals surface area (Å²) >= 11 is 0.